The number of sulfonamides is 1. The lowest BCUT2D eigenvalue weighted by atomic mass is 9.96. The predicted octanol–water partition coefficient (Wildman–Crippen LogP) is 1.64. The van der Waals surface area contributed by atoms with Crippen molar-refractivity contribution < 1.29 is 23.1 Å². The van der Waals surface area contributed by atoms with Crippen LogP contribution in [0.2, 0.25) is 0 Å². The van der Waals surface area contributed by atoms with Crippen LogP contribution in [0.3, 0.4) is 0 Å². The quantitative estimate of drug-likeness (QED) is 0.282. The fourth-order valence-electron chi connectivity index (χ4n) is 4.32. The van der Waals surface area contributed by atoms with E-state index in [2.05, 4.69) is 9.71 Å². The Morgan fingerprint density at radius 1 is 1.11 bits per heavy atom. The Morgan fingerprint density at radius 2 is 1.77 bits per heavy atom. The first kappa shape index (κ1) is 26.4. The van der Waals surface area contributed by atoms with E-state index < -0.39 is 28.0 Å². The number of rotatable bonds is 10. The monoisotopic (exact) mass is 503 g/mol. The minimum atomic E-state index is -4.01. The van der Waals surface area contributed by atoms with E-state index in [1.54, 1.807) is 12.1 Å². The Morgan fingerprint density at radius 3 is 2.37 bits per heavy atom. The number of carbonyl (C=O) groups is 2. The summed E-state index contributed by atoms with van der Waals surface area (Å²) in [7, 11) is -4.01. The number of amides is 1. The SMILES string of the molecule is CCC(CCC(NS(=O)(=O)c1ccc2ccccc2c1)C(=O)N1CCC(C(=O)O)CC1)N=C(N)N. The van der Waals surface area contributed by atoms with Gasteiger partial charge in [0.1, 0.15) is 6.04 Å². The van der Waals surface area contributed by atoms with Crippen molar-refractivity contribution in [2.24, 2.45) is 22.4 Å². The average Bonchev–Trinajstić information content (AvgIpc) is 2.84. The van der Waals surface area contributed by atoms with Gasteiger partial charge < -0.3 is 21.5 Å². The number of aliphatic carboxylic acids is 1. The maximum atomic E-state index is 13.4. The fraction of sp³-hybridized carbons (Fsp3) is 0.458. The number of benzene rings is 2. The number of nitrogens with zero attached hydrogens (tertiary/aromatic N) is 2. The highest BCUT2D eigenvalue weighted by Gasteiger charge is 2.33. The molecule has 1 aliphatic rings. The topological polar surface area (TPSA) is 168 Å². The maximum absolute atomic E-state index is 13.4. The number of likely N-dealkylation sites (tertiary alicyclic amines) is 1. The van der Waals surface area contributed by atoms with Gasteiger partial charge in [-0.2, -0.15) is 4.72 Å². The lowest BCUT2D eigenvalue weighted by Gasteiger charge is -2.33. The lowest BCUT2D eigenvalue weighted by molar-refractivity contribution is -0.146. The molecule has 6 N–H and O–H groups in total. The van der Waals surface area contributed by atoms with E-state index in [0.717, 1.165) is 10.8 Å². The van der Waals surface area contributed by atoms with Crippen LogP contribution in [0.5, 0.6) is 0 Å². The zero-order chi connectivity index (χ0) is 25.6. The molecule has 1 aliphatic heterocycles. The van der Waals surface area contributed by atoms with Gasteiger partial charge in [0.25, 0.3) is 0 Å². The number of nitrogens with two attached hydrogens (primary N) is 2. The molecule has 0 aromatic heterocycles. The number of carboxylic acid groups (broad SMARTS) is 1. The van der Waals surface area contributed by atoms with Crippen molar-refractivity contribution in [2.45, 2.75) is 56.0 Å². The highest BCUT2D eigenvalue weighted by atomic mass is 32.2. The van der Waals surface area contributed by atoms with Gasteiger partial charge in [-0.15, -0.1) is 0 Å². The van der Waals surface area contributed by atoms with E-state index in [9.17, 15) is 23.1 Å². The summed E-state index contributed by atoms with van der Waals surface area (Å²) in [5.41, 5.74) is 11.0. The third-order valence-corrected chi connectivity index (χ3v) is 7.84. The van der Waals surface area contributed by atoms with Crippen LogP contribution in [0.1, 0.15) is 39.0 Å². The van der Waals surface area contributed by atoms with Gasteiger partial charge in [0, 0.05) is 13.1 Å². The number of hydrogen-bond donors (Lipinski definition) is 4. The fourth-order valence-corrected chi connectivity index (χ4v) is 5.58. The summed E-state index contributed by atoms with van der Waals surface area (Å²) >= 11 is 0. The van der Waals surface area contributed by atoms with Crippen molar-refractivity contribution in [3.63, 3.8) is 0 Å². The first-order valence-corrected chi connectivity index (χ1v) is 13.2. The summed E-state index contributed by atoms with van der Waals surface area (Å²) in [6.45, 7) is 2.42. The van der Waals surface area contributed by atoms with Crippen molar-refractivity contribution in [3.05, 3.63) is 42.5 Å². The number of hydrogen-bond acceptors (Lipinski definition) is 5. The Hall–Kier alpha value is -3.18. The summed E-state index contributed by atoms with van der Waals surface area (Å²) < 4.78 is 29.2. The number of aliphatic imine (C=N–C) groups is 1. The van der Waals surface area contributed by atoms with Crippen LogP contribution in [-0.2, 0) is 19.6 Å². The Balaban J connectivity index is 1.82. The molecule has 0 bridgehead atoms. The average molecular weight is 504 g/mol. The molecular formula is C24H33N5O5S. The van der Waals surface area contributed by atoms with Gasteiger partial charge in [-0.1, -0.05) is 37.3 Å². The van der Waals surface area contributed by atoms with Gasteiger partial charge in [0.2, 0.25) is 15.9 Å². The molecule has 0 aliphatic carbocycles. The zero-order valence-corrected chi connectivity index (χ0v) is 20.6. The van der Waals surface area contributed by atoms with Crippen LogP contribution in [0, 0.1) is 5.92 Å². The maximum Gasteiger partial charge on any atom is 0.306 e. The van der Waals surface area contributed by atoms with E-state index in [1.807, 2.05) is 31.2 Å². The molecule has 3 rings (SSSR count). The molecule has 190 valence electrons. The van der Waals surface area contributed by atoms with Crippen molar-refractivity contribution in [1.82, 2.24) is 9.62 Å². The van der Waals surface area contributed by atoms with Gasteiger partial charge >= 0.3 is 5.97 Å². The van der Waals surface area contributed by atoms with Crippen molar-refractivity contribution in [2.75, 3.05) is 13.1 Å². The number of nitrogens with one attached hydrogen (secondary N) is 1. The minimum Gasteiger partial charge on any atom is -0.481 e. The number of carbonyl (C=O) groups excluding carboxylic acids is 1. The molecular weight excluding hydrogens is 470 g/mol. The van der Waals surface area contributed by atoms with Crippen molar-refractivity contribution >= 4 is 38.6 Å². The molecule has 1 heterocycles. The Bertz CT molecular complexity index is 1190. The van der Waals surface area contributed by atoms with Gasteiger partial charge in [-0.25, -0.2) is 8.42 Å². The minimum absolute atomic E-state index is 0.0628. The highest BCUT2D eigenvalue weighted by Crippen LogP contribution is 2.22. The van der Waals surface area contributed by atoms with Gasteiger partial charge in [-0.3, -0.25) is 14.6 Å². The number of fused-ring (bicyclic) bond motifs is 1. The second-order valence-corrected chi connectivity index (χ2v) is 10.5. The van der Waals surface area contributed by atoms with Gasteiger partial charge in [-0.05, 0) is 55.0 Å². The van der Waals surface area contributed by atoms with E-state index in [4.69, 9.17) is 11.5 Å². The normalized spacial score (nSPS) is 16.5. The van der Waals surface area contributed by atoms with Crippen molar-refractivity contribution in [3.8, 4) is 0 Å². The molecule has 2 aromatic carbocycles. The third-order valence-electron chi connectivity index (χ3n) is 6.37. The lowest BCUT2D eigenvalue weighted by Crippen LogP contribution is -2.51. The zero-order valence-electron chi connectivity index (χ0n) is 19.8. The predicted molar refractivity (Wildman–Crippen MR) is 134 cm³/mol. The first-order valence-electron chi connectivity index (χ1n) is 11.7. The number of guanidine groups is 1. The summed E-state index contributed by atoms with van der Waals surface area (Å²) in [5, 5.41) is 10.9. The second-order valence-electron chi connectivity index (χ2n) is 8.81. The first-order chi connectivity index (χ1) is 16.6. The molecule has 2 atom stereocenters. The highest BCUT2D eigenvalue weighted by molar-refractivity contribution is 7.89. The van der Waals surface area contributed by atoms with E-state index >= 15 is 0 Å². The summed E-state index contributed by atoms with van der Waals surface area (Å²) in [6.07, 6.45) is 1.88. The summed E-state index contributed by atoms with van der Waals surface area (Å²) in [6, 6.07) is 10.9. The number of piperidine rings is 1. The van der Waals surface area contributed by atoms with Crippen LogP contribution in [0.25, 0.3) is 10.8 Å². The molecule has 11 heteroatoms. The largest absolute Gasteiger partial charge is 0.481 e. The molecule has 35 heavy (non-hydrogen) atoms. The third kappa shape index (κ3) is 6.92. The van der Waals surface area contributed by atoms with E-state index in [0.29, 0.717) is 25.7 Å². The van der Waals surface area contributed by atoms with Crippen LogP contribution in [0.15, 0.2) is 52.4 Å². The summed E-state index contributed by atoms with van der Waals surface area (Å²) in [4.78, 5) is 30.4. The molecule has 0 spiro atoms. The molecule has 1 saturated heterocycles. The van der Waals surface area contributed by atoms with E-state index in [1.165, 1.54) is 11.0 Å². The molecule has 1 fully saturated rings. The smallest absolute Gasteiger partial charge is 0.306 e. The van der Waals surface area contributed by atoms with Crippen LogP contribution < -0.4 is 16.2 Å². The van der Waals surface area contributed by atoms with Crippen molar-refractivity contribution in [1.29, 1.82) is 0 Å². The van der Waals surface area contributed by atoms with Gasteiger partial charge in [0.05, 0.1) is 16.9 Å². The molecule has 0 saturated carbocycles. The molecule has 0 radical (unpaired) electrons. The van der Waals surface area contributed by atoms with Crippen LogP contribution in [0.4, 0.5) is 0 Å². The van der Waals surface area contributed by atoms with Gasteiger partial charge in [0.15, 0.2) is 5.96 Å². The molecule has 1 amide bonds. The Labute approximate surface area is 205 Å². The van der Waals surface area contributed by atoms with E-state index in [-0.39, 0.29) is 42.3 Å². The summed E-state index contributed by atoms with van der Waals surface area (Å²) in [5.74, 6) is -1.82. The second kappa shape index (κ2) is 11.5. The molecule has 2 unspecified atom stereocenters. The Kier molecular flexibility index (Phi) is 8.68. The molecule has 10 nitrogen and oxygen atoms in total. The van der Waals surface area contributed by atoms with Crippen LogP contribution >= 0.6 is 0 Å². The number of carboxylic acids is 1. The molecule has 2 aromatic rings. The standard InChI is InChI=1S/C24H33N5O5S/c1-2-19(27-24(25)26)8-10-21(22(30)29-13-11-17(12-14-29)23(31)32)28-35(33,34)20-9-7-16-5-3-4-6-18(16)15-20/h3-7,9,15,17,19,21,28H,2,8,10-14H2,1H3,(H,31,32)(H4,25,26,27). The van der Waals surface area contributed by atoms with Crippen LogP contribution in [-0.4, -0.2) is 61.4 Å².